The summed E-state index contributed by atoms with van der Waals surface area (Å²) in [5.74, 6) is -1.83. The minimum atomic E-state index is -0.710. The predicted molar refractivity (Wildman–Crippen MR) is 175 cm³/mol. The summed E-state index contributed by atoms with van der Waals surface area (Å²) in [5.41, 5.74) is 16.7. The third-order valence-electron chi connectivity index (χ3n) is 4.72. The average molecular weight is 697 g/mol. The molecule has 17 nitrogen and oxygen atoms in total. The number of rotatable bonds is 22. The Morgan fingerprint density at radius 2 is 1.06 bits per heavy atom. The van der Waals surface area contributed by atoms with E-state index in [4.69, 9.17) is 44.6 Å². The summed E-state index contributed by atoms with van der Waals surface area (Å²) >= 11 is 0. The number of esters is 3. The third-order valence-corrected chi connectivity index (χ3v) is 4.72. The normalized spacial score (nSPS) is 10.7. The molecule has 0 aromatic rings. The van der Waals surface area contributed by atoms with Gasteiger partial charge < -0.3 is 39.7 Å². The van der Waals surface area contributed by atoms with Gasteiger partial charge in [-0.05, 0) is 57.5 Å². The molecule has 0 bridgehead atoms. The first kappa shape index (κ1) is 52.0. The van der Waals surface area contributed by atoms with Crippen LogP contribution in [-0.2, 0) is 47.5 Å². The first-order chi connectivity index (χ1) is 22.5. The van der Waals surface area contributed by atoms with Crippen molar-refractivity contribution in [1.82, 2.24) is 0 Å². The van der Waals surface area contributed by atoms with E-state index in [1.165, 1.54) is 26.7 Å². The molecule has 0 spiro atoms. The monoisotopic (exact) mass is 696 g/mol. The van der Waals surface area contributed by atoms with Crippen LogP contribution in [-0.4, -0.2) is 115 Å². The topological polar surface area (TPSA) is 234 Å². The second-order valence-electron chi connectivity index (χ2n) is 9.26. The van der Waals surface area contributed by atoms with Crippen molar-refractivity contribution in [2.24, 2.45) is 10.2 Å². The van der Waals surface area contributed by atoms with Gasteiger partial charge in [0.05, 0.1) is 46.2 Å². The molecule has 1 fully saturated rings. The summed E-state index contributed by atoms with van der Waals surface area (Å²) in [7, 11) is 0. The minimum Gasteiger partial charge on any atom is -1.00 e. The van der Waals surface area contributed by atoms with Crippen molar-refractivity contribution in [2.75, 3.05) is 92.4 Å². The van der Waals surface area contributed by atoms with E-state index in [1.54, 1.807) is 6.92 Å². The molecule has 0 atom stereocenters. The summed E-state index contributed by atoms with van der Waals surface area (Å²) in [6.07, 6.45) is 3.98. The van der Waals surface area contributed by atoms with Crippen molar-refractivity contribution in [3.8, 4) is 0 Å². The summed E-state index contributed by atoms with van der Waals surface area (Å²) in [6.45, 7) is 21.4. The van der Waals surface area contributed by atoms with Gasteiger partial charge in [0, 0.05) is 66.1 Å². The average Bonchev–Trinajstić information content (AvgIpc) is 3.64. The Balaban J connectivity index is -0.000000185. The van der Waals surface area contributed by atoms with Crippen LogP contribution in [0.2, 0.25) is 0 Å². The van der Waals surface area contributed by atoms with Crippen LogP contribution in [0.15, 0.2) is 46.7 Å². The van der Waals surface area contributed by atoms with Gasteiger partial charge in [0.15, 0.2) is 0 Å². The molecule has 48 heavy (non-hydrogen) atoms. The van der Waals surface area contributed by atoms with Gasteiger partial charge in [-0.2, -0.15) is 0 Å². The number of ether oxygens (including phenoxy) is 7. The van der Waals surface area contributed by atoms with E-state index in [9.17, 15) is 14.4 Å². The zero-order valence-electron chi connectivity index (χ0n) is 30.1. The van der Waals surface area contributed by atoms with Crippen LogP contribution >= 0.6 is 0 Å². The largest absolute Gasteiger partial charge is 1.00 e. The molecule has 0 unspecified atom stereocenters. The van der Waals surface area contributed by atoms with Crippen LogP contribution in [0.25, 0.3) is 20.9 Å². The van der Waals surface area contributed by atoms with E-state index in [0.29, 0.717) is 77.9 Å². The number of azide groups is 2. The fourth-order valence-corrected chi connectivity index (χ4v) is 2.36. The number of hydrogen-bond acceptors (Lipinski definition) is 13. The third kappa shape index (κ3) is 45.3. The first-order valence-corrected chi connectivity index (χ1v) is 15.0. The maximum Gasteiger partial charge on any atom is 1.00 e. The van der Waals surface area contributed by atoms with Crippen LogP contribution in [0.5, 0.6) is 0 Å². The number of aliphatic hydroxyl groups excluding tert-OH is 1. The van der Waals surface area contributed by atoms with E-state index in [-0.39, 0.29) is 55.3 Å². The van der Waals surface area contributed by atoms with Crippen LogP contribution < -0.4 is 29.6 Å². The number of hydrogen-bond donors (Lipinski definition) is 1. The first-order valence-electron chi connectivity index (χ1n) is 15.0. The summed E-state index contributed by atoms with van der Waals surface area (Å²) in [4.78, 5) is 37.6. The van der Waals surface area contributed by atoms with E-state index in [1.807, 2.05) is 0 Å². The van der Waals surface area contributed by atoms with Crippen molar-refractivity contribution in [2.45, 2.75) is 46.5 Å². The van der Waals surface area contributed by atoms with E-state index in [0.717, 1.165) is 19.6 Å². The second kappa shape index (κ2) is 42.2. The predicted octanol–water partition coefficient (Wildman–Crippen LogP) is 1.67. The van der Waals surface area contributed by atoms with Gasteiger partial charge in [0.2, 0.25) is 0 Å². The molecule has 0 saturated carbocycles. The maximum absolute atomic E-state index is 11.0. The molecule has 1 rings (SSSR count). The van der Waals surface area contributed by atoms with Gasteiger partial charge in [0.25, 0.3) is 0 Å². The Bertz CT molecular complexity index is 960. The van der Waals surface area contributed by atoms with Crippen molar-refractivity contribution in [1.29, 1.82) is 0 Å². The molecule has 1 aliphatic rings. The molecule has 1 saturated heterocycles. The fraction of sp³-hybridized carbons (Fsp3) is 0.700. The van der Waals surface area contributed by atoms with E-state index in [2.05, 4.69) is 44.5 Å². The van der Waals surface area contributed by atoms with E-state index >= 15 is 0 Å². The molecule has 1 N–H and O–H groups in total. The van der Waals surface area contributed by atoms with E-state index < -0.39 is 17.9 Å². The Kier molecular flexibility index (Phi) is 45.8. The Morgan fingerprint density at radius 1 is 0.688 bits per heavy atom. The van der Waals surface area contributed by atoms with Gasteiger partial charge in [-0.1, -0.05) is 30.0 Å². The van der Waals surface area contributed by atoms with Gasteiger partial charge in [0.1, 0.15) is 6.61 Å². The molecule has 0 aliphatic carbocycles. The van der Waals surface area contributed by atoms with Crippen LogP contribution in [0, 0.1) is 0 Å². The molecule has 1 heterocycles. The van der Waals surface area contributed by atoms with Gasteiger partial charge in [-0.3, -0.25) is 0 Å². The molecule has 270 valence electrons. The Labute approximate surface area is 307 Å². The molecule has 1 aliphatic heterocycles. The van der Waals surface area contributed by atoms with Crippen molar-refractivity contribution < 1.29 is 83.6 Å². The molecule has 18 heteroatoms. The molecule has 0 amide bonds. The second-order valence-corrected chi connectivity index (χ2v) is 9.26. The smallest absolute Gasteiger partial charge is 1.00 e. The zero-order valence-corrected chi connectivity index (χ0v) is 31.1. The van der Waals surface area contributed by atoms with Crippen molar-refractivity contribution >= 4 is 17.9 Å². The van der Waals surface area contributed by atoms with Gasteiger partial charge >= 0.3 is 47.5 Å². The van der Waals surface area contributed by atoms with Gasteiger partial charge in [-0.25, -0.2) is 14.4 Å². The molecular weight excluding hydrogens is 643 g/mol. The van der Waals surface area contributed by atoms with Crippen LogP contribution in [0.3, 0.4) is 0 Å². The Morgan fingerprint density at radius 3 is 1.40 bits per heavy atom. The molecule has 0 aromatic heterocycles. The summed E-state index contributed by atoms with van der Waals surface area (Å²) < 4.78 is 34.5. The number of carbonyl (C=O) groups is 3. The number of aliphatic hydroxyl groups is 1. The Hall–Kier alpha value is -2.79. The minimum absolute atomic E-state index is 0. The van der Waals surface area contributed by atoms with Crippen molar-refractivity contribution in [3.63, 3.8) is 0 Å². The standard InChI is InChI=1S/C11H19N3O4.C8H10O3.C7H15N3O3.C4H8O.Na.H/c1-10(2)11(15)18-9-8-17-7-6-16-5-3-4-13-14-12;1-5(2)7(9)11-8(10)6(3)4;8-10-9-2-1-4-12-6-7-13-5-3-11;1-2-4-5-3-1;;/h1,3-9H2,2H3;1,3H2,2,4H3;11H,1-7H2;1-4H2;;/q;;;;+1;-1. The quantitative estimate of drug-likeness (QED) is 0.0250. The SMILES string of the molecule is C1CCOC1.C=C(C)C(=O)OC(=O)C(=C)C.C=C(C)C(=O)OCCOCCOCCCN=[N+]=[N-].[H-].[N-]=[N+]=NCCCOCCOCCO.[Na+]. The summed E-state index contributed by atoms with van der Waals surface area (Å²) in [5, 5.41) is 15.1. The maximum atomic E-state index is 11.0. The van der Waals surface area contributed by atoms with Crippen molar-refractivity contribution in [3.05, 3.63) is 57.3 Å². The molecule has 0 aromatic carbocycles. The summed E-state index contributed by atoms with van der Waals surface area (Å²) in [6, 6.07) is 0. The molecular formula is C30H53N6NaO11. The fourth-order valence-electron chi connectivity index (χ4n) is 2.36. The van der Waals surface area contributed by atoms with Gasteiger partial charge in [-0.15, -0.1) is 0 Å². The van der Waals surface area contributed by atoms with Crippen LogP contribution in [0.1, 0.15) is 47.9 Å². The number of nitrogens with zero attached hydrogens (tertiary/aromatic N) is 6. The molecule has 0 radical (unpaired) electrons. The van der Waals surface area contributed by atoms with Crippen LogP contribution in [0.4, 0.5) is 0 Å². The zero-order chi connectivity index (χ0) is 36.0. The number of carbonyl (C=O) groups excluding carboxylic acids is 3.